The smallest absolute Gasteiger partial charge is 0.0678 e. The van der Waals surface area contributed by atoms with Crippen molar-refractivity contribution in [2.45, 2.75) is 20.3 Å². The molecule has 0 aromatic rings. The van der Waals surface area contributed by atoms with Gasteiger partial charge in [0, 0.05) is 0 Å². The van der Waals surface area contributed by atoms with E-state index in [-0.39, 0.29) is 6.61 Å². The van der Waals surface area contributed by atoms with Gasteiger partial charge in [-0.3, -0.25) is 0 Å². The van der Waals surface area contributed by atoms with E-state index in [0.717, 1.165) is 12.0 Å². The first-order valence-electron chi connectivity index (χ1n) is 4.22. The van der Waals surface area contributed by atoms with Gasteiger partial charge in [0.2, 0.25) is 0 Å². The summed E-state index contributed by atoms with van der Waals surface area (Å²) in [5, 5.41) is 8.80. The van der Waals surface area contributed by atoms with Gasteiger partial charge in [-0.25, -0.2) is 0 Å². The van der Waals surface area contributed by atoms with E-state index in [4.69, 9.17) is 5.11 Å². The minimum Gasteiger partial charge on any atom is -0.392 e. The lowest BCUT2D eigenvalue weighted by Crippen LogP contribution is -2.08. The zero-order valence-electron chi connectivity index (χ0n) is 7.25. The van der Waals surface area contributed by atoms with Crippen LogP contribution in [0.3, 0.4) is 0 Å². The van der Waals surface area contributed by atoms with E-state index < -0.39 is 0 Å². The Balaban J connectivity index is 2.50. The van der Waals surface area contributed by atoms with Crippen LogP contribution in [0.5, 0.6) is 0 Å². The summed E-state index contributed by atoms with van der Waals surface area (Å²) in [7, 11) is 0. The van der Waals surface area contributed by atoms with Crippen molar-refractivity contribution in [3.63, 3.8) is 0 Å². The van der Waals surface area contributed by atoms with Crippen LogP contribution in [-0.4, -0.2) is 11.7 Å². The first-order chi connectivity index (χ1) is 5.24. The van der Waals surface area contributed by atoms with Gasteiger partial charge in [-0.05, 0) is 23.8 Å². The molecule has 11 heavy (non-hydrogen) atoms. The minimum absolute atomic E-state index is 0.182. The van der Waals surface area contributed by atoms with Crippen LogP contribution in [0.25, 0.3) is 0 Å². The molecule has 0 amide bonds. The van der Waals surface area contributed by atoms with Gasteiger partial charge in [-0.2, -0.15) is 0 Å². The van der Waals surface area contributed by atoms with Crippen molar-refractivity contribution in [1.29, 1.82) is 0 Å². The van der Waals surface area contributed by atoms with Gasteiger partial charge >= 0.3 is 0 Å². The average Bonchev–Trinajstić information content (AvgIpc) is 2.05. The molecule has 1 rings (SSSR count). The molecule has 1 nitrogen and oxygen atoms in total. The predicted molar refractivity (Wildman–Crippen MR) is 47.3 cm³/mol. The maximum atomic E-state index is 8.80. The average molecular weight is 152 g/mol. The third kappa shape index (κ3) is 2.19. The highest BCUT2D eigenvalue weighted by molar-refractivity contribution is 5.23. The summed E-state index contributed by atoms with van der Waals surface area (Å²) in [6.07, 6.45) is 7.46. The summed E-state index contributed by atoms with van der Waals surface area (Å²) < 4.78 is 0. The van der Waals surface area contributed by atoms with Crippen LogP contribution in [0.1, 0.15) is 20.3 Å². The van der Waals surface area contributed by atoms with Crippen molar-refractivity contribution in [3.05, 3.63) is 23.8 Å². The van der Waals surface area contributed by atoms with E-state index in [0.29, 0.717) is 11.8 Å². The highest BCUT2D eigenvalue weighted by Gasteiger charge is 2.11. The minimum atomic E-state index is 0.182. The van der Waals surface area contributed by atoms with Crippen LogP contribution in [0, 0.1) is 11.8 Å². The Bertz CT molecular complexity index is 177. The molecule has 0 saturated carbocycles. The van der Waals surface area contributed by atoms with Gasteiger partial charge in [0.05, 0.1) is 6.61 Å². The molecule has 0 saturated heterocycles. The molecule has 1 atom stereocenters. The van der Waals surface area contributed by atoms with E-state index in [2.05, 4.69) is 26.0 Å². The molecule has 1 aliphatic carbocycles. The van der Waals surface area contributed by atoms with E-state index in [1.54, 1.807) is 0 Å². The highest BCUT2D eigenvalue weighted by atomic mass is 16.3. The molecule has 1 unspecified atom stereocenters. The lowest BCUT2D eigenvalue weighted by Gasteiger charge is -2.18. The zero-order chi connectivity index (χ0) is 8.27. The van der Waals surface area contributed by atoms with Gasteiger partial charge in [-0.1, -0.05) is 32.1 Å². The van der Waals surface area contributed by atoms with Crippen molar-refractivity contribution in [2.75, 3.05) is 6.61 Å². The van der Waals surface area contributed by atoms with Crippen molar-refractivity contribution in [1.82, 2.24) is 0 Å². The summed E-state index contributed by atoms with van der Waals surface area (Å²) in [6, 6.07) is 0. The second-order valence-corrected chi connectivity index (χ2v) is 3.44. The monoisotopic (exact) mass is 152 g/mol. The largest absolute Gasteiger partial charge is 0.392 e. The number of allylic oxidation sites excluding steroid dienone is 2. The Morgan fingerprint density at radius 1 is 1.64 bits per heavy atom. The van der Waals surface area contributed by atoms with Gasteiger partial charge in [0.1, 0.15) is 0 Å². The molecule has 0 radical (unpaired) electrons. The second kappa shape index (κ2) is 3.72. The second-order valence-electron chi connectivity index (χ2n) is 3.44. The van der Waals surface area contributed by atoms with E-state index in [9.17, 15) is 0 Å². The zero-order valence-corrected chi connectivity index (χ0v) is 7.25. The fourth-order valence-electron chi connectivity index (χ4n) is 1.29. The number of rotatable bonds is 2. The molecule has 0 spiro atoms. The molecule has 0 aromatic carbocycles. The Morgan fingerprint density at radius 3 is 2.73 bits per heavy atom. The molecule has 1 aliphatic rings. The van der Waals surface area contributed by atoms with Crippen LogP contribution >= 0.6 is 0 Å². The van der Waals surface area contributed by atoms with E-state index in [1.807, 2.05) is 6.08 Å². The van der Waals surface area contributed by atoms with Gasteiger partial charge < -0.3 is 5.11 Å². The van der Waals surface area contributed by atoms with Crippen molar-refractivity contribution in [2.24, 2.45) is 11.8 Å². The lowest BCUT2D eigenvalue weighted by molar-refractivity contribution is 0.332. The summed E-state index contributed by atoms with van der Waals surface area (Å²) in [5.41, 5.74) is 1.06. The highest BCUT2D eigenvalue weighted by Crippen LogP contribution is 2.22. The molecule has 1 heteroatoms. The molecule has 0 fully saturated rings. The van der Waals surface area contributed by atoms with Crippen LogP contribution in [0.15, 0.2) is 23.8 Å². The van der Waals surface area contributed by atoms with Crippen molar-refractivity contribution >= 4 is 0 Å². The summed E-state index contributed by atoms with van der Waals surface area (Å²) in [6.45, 7) is 4.64. The molecule has 0 aliphatic heterocycles. The Hall–Kier alpha value is -0.560. The van der Waals surface area contributed by atoms with Gasteiger partial charge in [-0.15, -0.1) is 0 Å². The summed E-state index contributed by atoms with van der Waals surface area (Å²) in [4.78, 5) is 0. The van der Waals surface area contributed by atoms with Crippen LogP contribution in [0.4, 0.5) is 0 Å². The van der Waals surface area contributed by atoms with E-state index in [1.165, 1.54) is 0 Å². The molecule has 0 bridgehead atoms. The predicted octanol–water partition coefficient (Wildman–Crippen LogP) is 2.14. The topological polar surface area (TPSA) is 20.2 Å². The fourth-order valence-corrected chi connectivity index (χ4v) is 1.29. The van der Waals surface area contributed by atoms with Crippen molar-refractivity contribution < 1.29 is 5.11 Å². The SMILES string of the molecule is CC(C)C1C=CC(CO)=CC1. The van der Waals surface area contributed by atoms with Gasteiger partial charge in [0.25, 0.3) is 0 Å². The molecule has 62 valence electrons. The lowest BCUT2D eigenvalue weighted by atomic mass is 9.88. The first-order valence-corrected chi connectivity index (χ1v) is 4.22. The number of hydrogen-bond donors (Lipinski definition) is 1. The van der Waals surface area contributed by atoms with Crippen LogP contribution < -0.4 is 0 Å². The Labute approximate surface area is 68.4 Å². The number of aliphatic hydroxyl groups is 1. The number of aliphatic hydroxyl groups excluding tert-OH is 1. The standard InChI is InChI=1S/C10H16O/c1-8(2)10-5-3-9(7-11)4-6-10/h3-5,8,10-11H,6-7H2,1-2H3. The third-order valence-electron chi connectivity index (χ3n) is 2.25. The molecular formula is C10H16O. The normalized spacial score (nSPS) is 24.0. The molecular weight excluding hydrogens is 136 g/mol. The molecule has 1 N–H and O–H groups in total. The van der Waals surface area contributed by atoms with Gasteiger partial charge in [0.15, 0.2) is 0 Å². The van der Waals surface area contributed by atoms with Crippen LogP contribution in [0.2, 0.25) is 0 Å². The quantitative estimate of drug-likeness (QED) is 0.642. The molecule has 0 heterocycles. The van der Waals surface area contributed by atoms with Crippen LogP contribution in [-0.2, 0) is 0 Å². The maximum Gasteiger partial charge on any atom is 0.0678 e. The summed E-state index contributed by atoms with van der Waals surface area (Å²) in [5.74, 6) is 1.38. The third-order valence-corrected chi connectivity index (χ3v) is 2.25. The first kappa shape index (κ1) is 8.54. The van der Waals surface area contributed by atoms with E-state index >= 15 is 0 Å². The molecule has 0 aromatic heterocycles. The van der Waals surface area contributed by atoms with Crippen molar-refractivity contribution in [3.8, 4) is 0 Å². The Morgan fingerprint density at radius 2 is 2.36 bits per heavy atom. The summed E-state index contributed by atoms with van der Waals surface area (Å²) >= 11 is 0. The fraction of sp³-hybridized carbons (Fsp3) is 0.600. The Kier molecular flexibility index (Phi) is 2.89. The maximum absolute atomic E-state index is 8.80. The number of hydrogen-bond acceptors (Lipinski definition) is 1.